The van der Waals surface area contributed by atoms with E-state index in [-0.39, 0.29) is 17.9 Å². The maximum absolute atomic E-state index is 12.1. The number of aliphatic hydroxyl groups is 1. The quantitative estimate of drug-likeness (QED) is 0.788. The molecule has 1 heterocycles. The molecule has 21 heavy (non-hydrogen) atoms. The third-order valence-electron chi connectivity index (χ3n) is 3.39. The number of benzene rings is 1. The number of aryl methyl sites for hydroxylation is 1. The van der Waals surface area contributed by atoms with Gasteiger partial charge in [0.2, 0.25) is 0 Å². The van der Waals surface area contributed by atoms with Gasteiger partial charge in [0.15, 0.2) is 0 Å². The number of hydrogen-bond donors (Lipinski definition) is 3. The van der Waals surface area contributed by atoms with E-state index in [0.29, 0.717) is 17.7 Å². The predicted molar refractivity (Wildman–Crippen MR) is 78.1 cm³/mol. The summed E-state index contributed by atoms with van der Waals surface area (Å²) in [6, 6.07) is 8.35. The predicted octanol–water partition coefficient (Wildman–Crippen LogP) is 2.19. The lowest BCUT2D eigenvalue weighted by molar-refractivity contribution is 0.0330. The lowest BCUT2D eigenvalue weighted by Gasteiger charge is -2.21. The topological polar surface area (TPSA) is 82.7 Å². The van der Waals surface area contributed by atoms with Gasteiger partial charge in [0.25, 0.3) is 5.91 Å². The second-order valence-electron chi connectivity index (χ2n) is 5.10. The van der Waals surface area contributed by atoms with Crippen LogP contribution in [0.2, 0.25) is 0 Å². The van der Waals surface area contributed by atoms with E-state index in [1.807, 2.05) is 6.92 Å². The molecule has 1 aromatic heterocycles. The van der Waals surface area contributed by atoms with Gasteiger partial charge in [-0.05, 0) is 37.1 Å². The molecular formula is C16H19NO4. The fourth-order valence-electron chi connectivity index (χ4n) is 2.08. The van der Waals surface area contributed by atoms with E-state index in [4.69, 9.17) is 4.42 Å². The number of carbonyl (C=O) groups excluding carboxylic acids is 1. The minimum absolute atomic E-state index is 0.0184. The van der Waals surface area contributed by atoms with Crippen LogP contribution in [0.15, 0.2) is 41.0 Å². The van der Waals surface area contributed by atoms with Crippen LogP contribution in [0.25, 0.3) is 0 Å². The van der Waals surface area contributed by atoms with Crippen molar-refractivity contribution in [3.63, 3.8) is 0 Å². The fraction of sp³-hybridized carbons (Fsp3) is 0.312. The highest BCUT2D eigenvalue weighted by Crippen LogP contribution is 2.24. The van der Waals surface area contributed by atoms with Crippen molar-refractivity contribution in [2.24, 2.45) is 0 Å². The first kappa shape index (κ1) is 15.1. The van der Waals surface area contributed by atoms with Gasteiger partial charge in [0.05, 0.1) is 18.4 Å². The summed E-state index contributed by atoms with van der Waals surface area (Å²) in [5.41, 5.74) is -0.401. The third kappa shape index (κ3) is 3.25. The van der Waals surface area contributed by atoms with Gasteiger partial charge in [-0.15, -0.1) is 0 Å². The highest BCUT2D eigenvalue weighted by molar-refractivity contribution is 5.97. The average molecular weight is 289 g/mol. The Bertz CT molecular complexity index is 617. The molecule has 0 spiro atoms. The Balaban J connectivity index is 2.09. The molecule has 1 aromatic carbocycles. The Morgan fingerprint density at radius 1 is 1.33 bits per heavy atom. The molecule has 1 atom stereocenters. The van der Waals surface area contributed by atoms with Crippen molar-refractivity contribution in [3.05, 3.63) is 53.5 Å². The molecule has 0 aliphatic carbocycles. The zero-order valence-corrected chi connectivity index (χ0v) is 12.1. The summed E-state index contributed by atoms with van der Waals surface area (Å²) in [6.45, 7) is 3.43. The van der Waals surface area contributed by atoms with Gasteiger partial charge in [-0.2, -0.15) is 0 Å². The van der Waals surface area contributed by atoms with Crippen LogP contribution in [0.3, 0.4) is 0 Å². The molecular weight excluding hydrogens is 270 g/mol. The van der Waals surface area contributed by atoms with Crippen LogP contribution < -0.4 is 5.32 Å². The number of phenols is 1. The Morgan fingerprint density at radius 2 is 2.10 bits per heavy atom. The van der Waals surface area contributed by atoms with Gasteiger partial charge < -0.3 is 19.9 Å². The molecule has 3 N–H and O–H groups in total. The van der Waals surface area contributed by atoms with Gasteiger partial charge >= 0.3 is 0 Å². The SMILES string of the molecule is CCc1cccc(C(=O)NCC(C)(O)c2ccco2)c1O. The smallest absolute Gasteiger partial charge is 0.255 e. The van der Waals surface area contributed by atoms with Gasteiger partial charge in [-0.25, -0.2) is 0 Å². The van der Waals surface area contributed by atoms with Crippen molar-refractivity contribution in [1.82, 2.24) is 5.32 Å². The van der Waals surface area contributed by atoms with Crippen molar-refractivity contribution >= 4 is 5.91 Å². The lowest BCUT2D eigenvalue weighted by atomic mass is 10.0. The molecule has 0 aliphatic heterocycles. The number of nitrogens with one attached hydrogen (secondary N) is 1. The van der Waals surface area contributed by atoms with Gasteiger partial charge in [-0.3, -0.25) is 4.79 Å². The first-order valence-corrected chi connectivity index (χ1v) is 6.81. The van der Waals surface area contributed by atoms with Crippen LogP contribution in [-0.4, -0.2) is 22.7 Å². The highest BCUT2D eigenvalue weighted by Gasteiger charge is 2.27. The number of phenolic OH excluding ortho intramolecular Hbond substituents is 1. The van der Waals surface area contributed by atoms with Crippen LogP contribution in [0.1, 0.15) is 35.5 Å². The summed E-state index contributed by atoms with van der Waals surface area (Å²) in [5, 5.41) is 22.9. The van der Waals surface area contributed by atoms with Crippen molar-refractivity contribution in [2.75, 3.05) is 6.54 Å². The first-order chi connectivity index (χ1) is 9.95. The molecule has 5 heteroatoms. The summed E-state index contributed by atoms with van der Waals surface area (Å²) in [7, 11) is 0. The minimum Gasteiger partial charge on any atom is -0.507 e. The number of amides is 1. The normalized spacial score (nSPS) is 13.7. The number of carbonyl (C=O) groups is 1. The van der Waals surface area contributed by atoms with E-state index in [1.54, 1.807) is 37.3 Å². The minimum atomic E-state index is -1.31. The van der Waals surface area contributed by atoms with Crippen molar-refractivity contribution < 1.29 is 19.4 Å². The number of rotatable bonds is 5. The van der Waals surface area contributed by atoms with E-state index in [2.05, 4.69) is 5.32 Å². The molecule has 0 aliphatic rings. The number of aromatic hydroxyl groups is 1. The van der Waals surface area contributed by atoms with Crippen LogP contribution in [0.4, 0.5) is 0 Å². The maximum Gasteiger partial charge on any atom is 0.255 e. The van der Waals surface area contributed by atoms with Crippen LogP contribution in [0.5, 0.6) is 5.75 Å². The summed E-state index contributed by atoms with van der Waals surface area (Å²) >= 11 is 0. The second-order valence-corrected chi connectivity index (χ2v) is 5.10. The van der Waals surface area contributed by atoms with Crippen molar-refractivity contribution in [2.45, 2.75) is 25.9 Å². The lowest BCUT2D eigenvalue weighted by Crippen LogP contribution is -2.38. The summed E-state index contributed by atoms with van der Waals surface area (Å²) < 4.78 is 5.15. The molecule has 112 valence electrons. The van der Waals surface area contributed by atoms with E-state index in [0.717, 1.165) is 0 Å². The monoisotopic (exact) mass is 289 g/mol. The first-order valence-electron chi connectivity index (χ1n) is 6.81. The van der Waals surface area contributed by atoms with E-state index in [9.17, 15) is 15.0 Å². The van der Waals surface area contributed by atoms with E-state index >= 15 is 0 Å². The average Bonchev–Trinajstić information content (AvgIpc) is 3.00. The summed E-state index contributed by atoms with van der Waals surface area (Å²) in [4.78, 5) is 12.1. The molecule has 1 amide bonds. The Morgan fingerprint density at radius 3 is 2.71 bits per heavy atom. The molecule has 1 unspecified atom stereocenters. The van der Waals surface area contributed by atoms with Gasteiger partial charge in [-0.1, -0.05) is 19.1 Å². The summed E-state index contributed by atoms with van der Waals surface area (Å²) in [5.74, 6) is -0.0842. The second kappa shape index (κ2) is 6.01. The highest BCUT2D eigenvalue weighted by atomic mass is 16.4. The number of para-hydroxylation sites is 1. The van der Waals surface area contributed by atoms with Gasteiger partial charge in [0.1, 0.15) is 17.1 Å². The van der Waals surface area contributed by atoms with Crippen molar-refractivity contribution in [1.29, 1.82) is 0 Å². The molecule has 0 bridgehead atoms. The Kier molecular flexibility index (Phi) is 4.33. The molecule has 2 aromatic rings. The molecule has 2 rings (SSSR count). The third-order valence-corrected chi connectivity index (χ3v) is 3.39. The van der Waals surface area contributed by atoms with Crippen LogP contribution in [-0.2, 0) is 12.0 Å². The maximum atomic E-state index is 12.1. The molecule has 0 radical (unpaired) electrons. The zero-order valence-electron chi connectivity index (χ0n) is 12.1. The van der Waals surface area contributed by atoms with Crippen LogP contribution >= 0.6 is 0 Å². The Labute approximate surface area is 123 Å². The molecule has 5 nitrogen and oxygen atoms in total. The van der Waals surface area contributed by atoms with E-state index < -0.39 is 11.5 Å². The number of furan rings is 1. The molecule has 0 fully saturated rings. The van der Waals surface area contributed by atoms with Crippen LogP contribution in [0, 0.1) is 0 Å². The number of hydrogen-bond acceptors (Lipinski definition) is 4. The fourth-order valence-corrected chi connectivity index (χ4v) is 2.08. The summed E-state index contributed by atoms with van der Waals surface area (Å²) in [6.07, 6.45) is 2.10. The van der Waals surface area contributed by atoms with Crippen molar-refractivity contribution in [3.8, 4) is 5.75 Å². The van der Waals surface area contributed by atoms with E-state index in [1.165, 1.54) is 6.26 Å². The Hall–Kier alpha value is -2.27. The van der Waals surface area contributed by atoms with Gasteiger partial charge in [0, 0.05) is 0 Å². The molecule has 0 saturated carbocycles. The standard InChI is InChI=1S/C16H19NO4/c1-3-11-6-4-7-12(14(11)18)15(19)17-10-16(2,20)13-8-5-9-21-13/h4-9,18,20H,3,10H2,1-2H3,(H,17,19). The largest absolute Gasteiger partial charge is 0.507 e. The molecule has 0 saturated heterocycles. The zero-order chi connectivity index (χ0) is 15.5.